The van der Waals surface area contributed by atoms with Crippen molar-refractivity contribution in [3.63, 3.8) is 0 Å². The van der Waals surface area contributed by atoms with Crippen LogP contribution < -0.4 is 15.4 Å². The van der Waals surface area contributed by atoms with Crippen LogP contribution in [0.15, 0.2) is 42.5 Å². The van der Waals surface area contributed by atoms with Crippen LogP contribution in [-0.2, 0) is 12.8 Å². The summed E-state index contributed by atoms with van der Waals surface area (Å²) in [5.41, 5.74) is 3.74. The van der Waals surface area contributed by atoms with E-state index in [-0.39, 0.29) is 5.82 Å². The summed E-state index contributed by atoms with van der Waals surface area (Å²) in [5, 5.41) is 7.14. The number of halogens is 1. The Balaban J connectivity index is 1.35. The number of anilines is 1. The maximum Gasteiger partial charge on any atom is 0.123 e. The predicted octanol–water partition coefficient (Wildman–Crippen LogP) is 4.95. The Morgan fingerprint density at radius 2 is 1.82 bits per heavy atom. The lowest BCUT2D eigenvalue weighted by atomic mass is 9.95. The Morgan fingerprint density at radius 3 is 2.64 bits per heavy atom. The van der Waals surface area contributed by atoms with Gasteiger partial charge in [0.05, 0.1) is 6.61 Å². The number of ether oxygens (including phenoxy) is 1. The molecule has 0 bridgehead atoms. The van der Waals surface area contributed by atoms with Crippen LogP contribution in [0.1, 0.15) is 43.2 Å². The normalized spacial score (nSPS) is 20.1. The molecule has 4 heteroatoms. The van der Waals surface area contributed by atoms with E-state index in [1.54, 1.807) is 12.1 Å². The first-order chi connectivity index (χ1) is 13.8. The van der Waals surface area contributed by atoms with Gasteiger partial charge in [0.1, 0.15) is 11.6 Å². The smallest absolute Gasteiger partial charge is 0.123 e. The van der Waals surface area contributed by atoms with E-state index >= 15 is 0 Å². The van der Waals surface area contributed by atoms with Gasteiger partial charge < -0.3 is 15.4 Å². The lowest BCUT2D eigenvalue weighted by molar-refractivity contribution is 0.252. The van der Waals surface area contributed by atoms with E-state index in [2.05, 4.69) is 28.8 Å². The highest BCUT2D eigenvalue weighted by Crippen LogP contribution is 2.29. The zero-order valence-electron chi connectivity index (χ0n) is 16.6. The van der Waals surface area contributed by atoms with E-state index in [1.807, 2.05) is 12.1 Å². The minimum atomic E-state index is -0.172. The summed E-state index contributed by atoms with van der Waals surface area (Å²) < 4.78 is 19.2. The van der Waals surface area contributed by atoms with Crippen LogP contribution in [0.5, 0.6) is 5.75 Å². The third-order valence-electron chi connectivity index (χ3n) is 6.09. The number of benzene rings is 2. The molecule has 3 nitrogen and oxygen atoms in total. The average Bonchev–Trinajstić information content (AvgIpc) is 2.92. The Labute approximate surface area is 167 Å². The number of nitrogens with one attached hydrogen (secondary N) is 2. The van der Waals surface area contributed by atoms with E-state index in [0.29, 0.717) is 6.04 Å². The fourth-order valence-corrected chi connectivity index (χ4v) is 4.40. The summed E-state index contributed by atoms with van der Waals surface area (Å²) in [6, 6.07) is 13.7. The molecule has 2 heterocycles. The van der Waals surface area contributed by atoms with Crippen molar-refractivity contribution in [2.45, 2.75) is 51.0 Å². The van der Waals surface area contributed by atoms with Crippen molar-refractivity contribution in [3.8, 4) is 5.75 Å². The second-order valence-corrected chi connectivity index (χ2v) is 8.21. The number of fused-ring (bicyclic) bond motifs is 1. The zero-order valence-corrected chi connectivity index (χ0v) is 16.6. The van der Waals surface area contributed by atoms with Gasteiger partial charge in [-0.25, -0.2) is 4.39 Å². The number of piperidine rings is 1. The Bertz CT molecular complexity index is 756. The van der Waals surface area contributed by atoms with Crippen molar-refractivity contribution < 1.29 is 9.13 Å². The maximum atomic E-state index is 13.2. The van der Waals surface area contributed by atoms with Gasteiger partial charge in [0.25, 0.3) is 0 Å². The topological polar surface area (TPSA) is 33.3 Å². The molecule has 0 aliphatic carbocycles. The van der Waals surface area contributed by atoms with E-state index in [1.165, 1.54) is 36.1 Å². The first-order valence-corrected chi connectivity index (χ1v) is 10.7. The first-order valence-electron chi connectivity index (χ1n) is 10.7. The second kappa shape index (κ2) is 9.42. The van der Waals surface area contributed by atoms with E-state index in [9.17, 15) is 4.39 Å². The minimum Gasteiger partial charge on any atom is -0.494 e. The third kappa shape index (κ3) is 5.26. The van der Waals surface area contributed by atoms with Crippen LogP contribution in [0, 0.1) is 11.7 Å². The summed E-state index contributed by atoms with van der Waals surface area (Å²) >= 11 is 0. The molecule has 0 spiro atoms. The van der Waals surface area contributed by atoms with Crippen molar-refractivity contribution in [3.05, 3.63) is 59.4 Å². The van der Waals surface area contributed by atoms with E-state index in [4.69, 9.17) is 4.74 Å². The molecule has 2 N–H and O–H groups in total. The molecule has 150 valence electrons. The molecule has 0 amide bonds. The molecule has 1 saturated heterocycles. The Morgan fingerprint density at radius 1 is 1.00 bits per heavy atom. The van der Waals surface area contributed by atoms with Crippen LogP contribution in [0.2, 0.25) is 0 Å². The minimum absolute atomic E-state index is 0.172. The Kier molecular flexibility index (Phi) is 6.48. The van der Waals surface area contributed by atoms with Gasteiger partial charge in [-0.1, -0.05) is 18.2 Å². The summed E-state index contributed by atoms with van der Waals surface area (Å²) in [6.45, 7) is 3.08. The molecule has 1 atom stereocenters. The van der Waals surface area contributed by atoms with Gasteiger partial charge in [-0.15, -0.1) is 0 Å². The highest BCUT2D eigenvalue weighted by atomic mass is 19.1. The maximum absolute atomic E-state index is 13.2. The number of hydrogen-bond donors (Lipinski definition) is 2. The van der Waals surface area contributed by atoms with Crippen LogP contribution in [-0.4, -0.2) is 25.7 Å². The molecule has 1 unspecified atom stereocenters. The van der Waals surface area contributed by atoms with E-state index in [0.717, 1.165) is 57.0 Å². The van der Waals surface area contributed by atoms with Gasteiger partial charge in [-0.3, -0.25) is 0 Å². The van der Waals surface area contributed by atoms with Gasteiger partial charge in [-0.2, -0.15) is 0 Å². The van der Waals surface area contributed by atoms with Crippen molar-refractivity contribution in [1.29, 1.82) is 0 Å². The standard InChI is InChI=1S/C24H31FN2O/c25-21-7-4-19(5-8-21)16-22-3-1-2-20-6-9-23(17-24(20)27-22)28-15-12-18-10-13-26-14-11-18/h4-9,17-18,22,26-27H,1-3,10-16H2. The molecule has 2 aliphatic heterocycles. The molecule has 28 heavy (non-hydrogen) atoms. The highest BCUT2D eigenvalue weighted by Gasteiger charge is 2.17. The summed E-state index contributed by atoms with van der Waals surface area (Å²) in [4.78, 5) is 0. The highest BCUT2D eigenvalue weighted by molar-refractivity contribution is 5.56. The summed E-state index contributed by atoms with van der Waals surface area (Å²) in [7, 11) is 0. The lowest BCUT2D eigenvalue weighted by Crippen LogP contribution is -2.28. The molecule has 2 aliphatic rings. The van der Waals surface area contributed by atoms with Crippen LogP contribution in [0.4, 0.5) is 10.1 Å². The van der Waals surface area contributed by atoms with Crippen molar-refractivity contribution in [2.24, 2.45) is 5.92 Å². The predicted molar refractivity (Wildman–Crippen MR) is 113 cm³/mol. The van der Waals surface area contributed by atoms with Crippen molar-refractivity contribution >= 4 is 5.69 Å². The molecule has 0 radical (unpaired) electrons. The Hall–Kier alpha value is -2.07. The van der Waals surface area contributed by atoms with Gasteiger partial charge in [0, 0.05) is 17.8 Å². The second-order valence-electron chi connectivity index (χ2n) is 8.21. The molecule has 2 aromatic rings. The molecule has 2 aromatic carbocycles. The largest absolute Gasteiger partial charge is 0.494 e. The lowest BCUT2D eigenvalue weighted by Gasteiger charge is -2.22. The first kappa shape index (κ1) is 19.3. The quantitative estimate of drug-likeness (QED) is 0.741. The average molecular weight is 383 g/mol. The van der Waals surface area contributed by atoms with Crippen LogP contribution in [0.3, 0.4) is 0 Å². The summed E-state index contributed by atoms with van der Waals surface area (Å²) in [6.07, 6.45) is 7.97. The third-order valence-corrected chi connectivity index (χ3v) is 6.09. The number of hydrogen-bond acceptors (Lipinski definition) is 3. The van der Waals surface area contributed by atoms with Gasteiger partial charge in [0.2, 0.25) is 0 Å². The number of aryl methyl sites for hydroxylation is 1. The van der Waals surface area contributed by atoms with Crippen LogP contribution in [0.25, 0.3) is 0 Å². The molecular formula is C24H31FN2O. The fourth-order valence-electron chi connectivity index (χ4n) is 4.40. The SMILES string of the molecule is Fc1ccc(CC2CCCc3ccc(OCCC4CCNCC4)cc3N2)cc1. The van der Waals surface area contributed by atoms with Crippen LogP contribution >= 0.6 is 0 Å². The van der Waals surface area contributed by atoms with Gasteiger partial charge in [0.15, 0.2) is 0 Å². The molecule has 0 aromatic heterocycles. The molecule has 0 saturated carbocycles. The monoisotopic (exact) mass is 382 g/mol. The van der Waals surface area contributed by atoms with Crippen molar-refractivity contribution in [1.82, 2.24) is 5.32 Å². The van der Waals surface area contributed by atoms with Crippen molar-refractivity contribution in [2.75, 3.05) is 25.0 Å². The molecular weight excluding hydrogens is 351 g/mol. The molecule has 1 fully saturated rings. The zero-order chi connectivity index (χ0) is 19.2. The van der Waals surface area contributed by atoms with Gasteiger partial charge >= 0.3 is 0 Å². The fraction of sp³-hybridized carbons (Fsp3) is 0.500. The molecule has 4 rings (SSSR count). The summed E-state index contributed by atoms with van der Waals surface area (Å²) in [5.74, 6) is 1.58. The number of rotatable bonds is 6. The van der Waals surface area contributed by atoms with Gasteiger partial charge in [-0.05, 0) is 93.3 Å². The van der Waals surface area contributed by atoms with E-state index < -0.39 is 0 Å².